The highest BCUT2D eigenvalue weighted by Gasteiger charge is 2.34. The number of hydrogen-bond acceptors (Lipinski definition) is 6. The fourth-order valence-electron chi connectivity index (χ4n) is 4.22. The van der Waals surface area contributed by atoms with E-state index in [1.807, 2.05) is 65.6 Å². The molecule has 0 fully saturated rings. The SMILES string of the molecule is COc1ccc(N(c2ccc(OC)cc2C(C)(C)O)c2c(C(C)(C)O)cccc2C(C)(C)O)cc1. The number of aliphatic hydroxyl groups is 3. The highest BCUT2D eigenvalue weighted by molar-refractivity contribution is 5.84. The highest BCUT2D eigenvalue weighted by Crippen LogP contribution is 2.48. The zero-order valence-electron chi connectivity index (χ0n) is 21.9. The summed E-state index contributed by atoms with van der Waals surface area (Å²) in [4.78, 5) is 1.97. The molecule has 0 aromatic heterocycles. The zero-order valence-corrected chi connectivity index (χ0v) is 21.9. The van der Waals surface area contributed by atoms with E-state index in [4.69, 9.17) is 9.47 Å². The third kappa shape index (κ3) is 5.61. The van der Waals surface area contributed by atoms with Crippen LogP contribution in [0.4, 0.5) is 17.1 Å². The van der Waals surface area contributed by atoms with Crippen LogP contribution in [-0.2, 0) is 16.8 Å². The largest absolute Gasteiger partial charge is 0.497 e. The van der Waals surface area contributed by atoms with Crippen molar-refractivity contribution in [3.05, 3.63) is 77.4 Å². The molecule has 6 heteroatoms. The van der Waals surface area contributed by atoms with Gasteiger partial charge in [-0.05, 0) is 84.0 Å². The quantitative estimate of drug-likeness (QED) is 0.376. The first-order valence-corrected chi connectivity index (χ1v) is 11.6. The maximum Gasteiger partial charge on any atom is 0.119 e. The van der Waals surface area contributed by atoms with Gasteiger partial charge in [-0.1, -0.05) is 18.2 Å². The van der Waals surface area contributed by atoms with Crippen LogP contribution in [0.1, 0.15) is 58.2 Å². The fraction of sp³-hybridized carbons (Fsp3) is 0.379. The van der Waals surface area contributed by atoms with Crippen molar-refractivity contribution in [3.8, 4) is 11.5 Å². The van der Waals surface area contributed by atoms with E-state index >= 15 is 0 Å². The van der Waals surface area contributed by atoms with Gasteiger partial charge in [-0.3, -0.25) is 0 Å². The molecule has 35 heavy (non-hydrogen) atoms. The van der Waals surface area contributed by atoms with Crippen LogP contribution in [0.2, 0.25) is 0 Å². The number of benzene rings is 3. The third-order valence-corrected chi connectivity index (χ3v) is 6.01. The van der Waals surface area contributed by atoms with Crippen LogP contribution < -0.4 is 14.4 Å². The summed E-state index contributed by atoms with van der Waals surface area (Å²) in [6.07, 6.45) is 0. The van der Waals surface area contributed by atoms with Gasteiger partial charge >= 0.3 is 0 Å². The van der Waals surface area contributed by atoms with Gasteiger partial charge in [0.2, 0.25) is 0 Å². The standard InChI is InChI=1S/C29H37NO5/c1-27(2,31)22-10-9-11-23(28(3,4)32)26(22)30(19-12-14-20(34-7)15-13-19)25-17-16-21(35-8)18-24(25)29(5,6)33/h9-18,31-33H,1-8H3. The average Bonchev–Trinajstić information content (AvgIpc) is 2.78. The number of methoxy groups -OCH3 is 2. The van der Waals surface area contributed by atoms with Crippen molar-refractivity contribution >= 4 is 17.1 Å². The topological polar surface area (TPSA) is 82.4 Å². The first kappa shape index (κ1) is 26.5. The molecule has 0 aliphatic rings. The minimum atomic E-state index is -1.22. The molecule has 3 rings (SSSR count). The van der Waals surface area contributed by atoms with Crippen LogP contribution in [0.15, 0.2) is 60.7 Å². The Labute approximate surface area is 208 Å². The summed E-state index contributed by atoms with van der Waals surface area (Å²) in [6.45, 7) is 10.3. The Morgan fingerprint density at radius 1 is 0.600 bits per heavy atom. The van der Waals surface area contributed by atoms with Gasteiger partial charge in [0, 0.05) is 22.4 Å². The second-order valence-corrected chi connectivity index (χ2v) is 10.3. The number of hydrogen-bond donors (Lipinski definition) is 3. The van der Waals surface area contributed by atoms with Crippen LogP contribution in [0.5, 0.6) is 11.5 Å². The van der Waals surface area contributed by atoms with E-state index in [1.165, 1.54) is 0 Å². The zero-order chi connectivity index (χ0) is 26.2. The van der Waals surface area contributed by atoms with Crippen molar-refractivity contribution in [2.45, 2.75) is 58.3 Å². The van der Waals surface area contributed by atoms with Crippen molar-refractivity contribution in [1.29, 1.82) is 0 Å². The Hall–Kier alpha value is -3.06. The molecule has 0 spiro atoms. The van der Waals surface area contributed by atoms with Gasteiger partial charge in [0.25, 0.3) is 0 Å². The molecule has 6 nitrogen and oxygen atoms in total. The lowest BCUT2D eigenvalue weighted by molar-refractivity contribution is 0.0730. The molecule has 3 aromatic rings. The monoisotopic (exact) mass is 479 g/mol. The average molecular weight is 480 g/mol. The lowest BCUT2D eigenvalue weighted by Crippen LogP contribution is -2.28. The summed E-state index contributed by atoms with van der Waals surface area (Å²) in [5.41, 5.74) is 0.317. The van der Waals surface area contributed by atoms with Crippen LogP contribution >= 0.6 is 0 Å². The summed E-state index contributed by atoms with van der Waals surface area (Å²) in [7, 11) is 3.19. The minimum absolute atomic E-state index is 0.610. The molecule has 0 aliphatic heterocycles. The lowest BCUT2D eigenvalue weighted by atomic mass is 9.86. The number of para-hydroxylation sites is 1. The van der Waals surface area contributed by atoms with Gasteiger partial charge in [0.15, 0.2) is 0 Å². The Kier molecular flexibility index (Phi) is 7.23. The number of nitrogens with zero attached hydrogens (tertiary/aromatic N) is 1. The summed E-state index contributed by atoms with van der Waals surface area (Å²) in [5, 5.41) is 33.6. The molecule has 3 aromatic carbocycles. The number of rotatable bonds is 8. The van der Waals surface area contributed by atoms with Crippen molar-refractivity contribution in [2.75, 3.05) is 19.1 Å². The minimum Gasteiger partial charge on any atom is -0.497 e. The molecular formula is C29H37NO5. The van der Waals surface area contributed by atoms with E-state index in [2.05, 4.69) is 0 Å². The molecule has 0 heterocycles. The smallest absolute Gasteiger partial charge is 0.119 e. The molecule has 0 unspecified atom stereocenters. The molecule has 0 bridgehead atoms. The predicted molar refractivity (Wildman–Crippen MR) is 140 cm³/mol. The van der Waals surface area contributed by atoms with E-state index in [-0.39, 0.29) is 0 Å². The Morgan fingerprint density at radius 3 is 1.49 bits per heavy atom. The number of ether oxygens (including phenoxy) is 2. The summed E-state index contributed by atoms with van der Waals surface area (Å²) in [5.74, 6) is 1.31. The van der Waals surface area contributed by atoms with Gasteiger partial charge in [-0.2, -0.15) is 0 Å². The lowest BCUT2D eigenvalue weighted by Gasteiger charge is -2.38. The molecule has 0 saturated heterocycles. The van der Waals surface area contributed by atoms with E-state index < -0.39 is 16.8 Å². The van der Waals surface area contributed by atoms with Gasteiger partial charge in [0.05, 0.1) is 42.4 Å². The number of anilines is 3. The van der Waals surface area contributed by atoms with Gasteiger partial charge in [-0.25, -0.2) is 0 Å². The third-order valence-electron chi connectivity index (χ3n) is 6.01. The van der Waals surface area contributed by atoms with Crippen LogP contribution in [0.3, 0.4) is 0 Å². The first-order chi connectivity index (χ1) is 16.2. The predicted octanol–water partition coefficient (Wildman–Crippen LogP) is 5.86. The van der Waals surface area contributed by atoms with Crippen LogP contribution in [0.25, 0.3) is 0 Å². The normalized spacial score (nSPS) is 12.4. The van der Waals surface area contributed by atoms with E-state index in [0.29, 0.717) is 39.6 Å². The van der Waals surface area contributed by atoms with E-state index in [1.54, 1.807) is 55.8 Å². The van der Waals surface area contributed by atoms with E-state index in [0.717, 1.165) is 5.69 Å². The fourth-order valence-corrected chi connectivity index (χ4v) is 4.22. The van der Waals surface area contributed by atoms with Crippen molar-refractivity contribution in [1.82, 2.24) is 0 Å². The van der Waals surface area contributed by atoms with Crippen LogP contribution in [-0.4, -0.2) is 29.5 Å². The maximum atomic E-state index is 11.2. The van der Waals surface area contributed by atoms with Crippen molar-refractivity contribution < 1.29 is 24.8 Å². The van der Waals surface area contributed by atoms with Crippen LogP contribution in [0, 0.1) is 0 Å². The highest BCUT2D eigenvalue weighted by atomic mass is 16.5. The van der Waals surface area contributed by atoms with Gasteiger partial charge in [0.1, 0.15) is 11.5 Å². The summed E-state index contributed by atoms with van der Waals surface area (Å²) in [6, 6.07) is 18.6. The van der Waals surface area contributed by atoms with Crippen molar-refractivity contribution in [2.24, 2.45) is 0 Å². The molecule has 0 aliphatic carbocycles. The molecule has 0 amide bonds. The summed E-state index contributed by atoms with van der Waals surface area (Å²) < 4.78 is 10.8. The van der Waals surface area contributed by atoms with Crippen molar-refractivity contribution in [3.63, 3.8) is 0 Å². The second kappa shape index (κ2) is 9.53. The van der Waals surface area contributed by atoms with E-state index in [9.17, 15) is 15.3 Å². The Bertz CT molecular complexity index is 1130. The molecule has 0 saturated carbocycles. The molecule has 3 N–H and O–H groups in total. The second-order valence-electron chi connectivity index (χ2n) is 10.3. The molecule has 188 valence electrons. The maximum absolute atomic E-state index is 11.2. The summed E-state index contributed by atoms with van der Waals surface area (Å²) >= 11 is 0. The van der Waals surface area contributed by atoms with Gasteiger partial charge < -0.3 is 29.7 Å². The molecular weight excluding hydrogens is 442 g/mol. The Balaban J connectivity index is 2.50. The molecule has 0 atom stereocenters. The molecule has 0 radical (unpaired) electrons. The van der Waals surface area contributed by atoms with Gasteiger partial charge in [-0.15, -0.1) is 0 Å². The Morgan fingerprint density at radius 2 is 1.06 bits per heavy atom. The first-order valence-electron chi connectivity index (χ1n) is 11.6.